The van der Waals surface area contributed by atoms with Gasteiger partial charge in [-0.3, -0.25) is 9.52 Å². The van der Waals surface area contributed by atoms with E-state index in [0.717, 1.165) is 24.8 Å². The monoisotopic (exact) mass is 494 g/mol. The van der Waals surface area contributed by atoms with Crippen LogP contribution in [0.15, 0.2) is 42.6 Å². The molecule has 168 valence electrons. The summed E-state index contributed by atoms with van der Waals surface area (Å²) in [6, 6.07) is 9.80. The van der Waals surface area contributed by atoms with E-state index in [9.17, 15) is 13.2 Å². The molecule has 1 fully saturated rings. The first-order valence-electron chi connectivity index (χ1n) is 9.67. The van der Waals surface area contributed by atoms with Gasteiger partial charge in [-0.1, -0.05) is 23.2 Å². The quantitative estimate of drug-likeness (QED) is 0.495. The van der Waals surface area contributed by atoms with Crippen molar-refractivity contribution in [2.24, 2.45) is 0 Å². The second-order valence-electron chi connectivity index (χ2n) is 7.47. The highest BCUT2D eigenvalue weighted by Crippen LogP contribution is 2.43. The Hall–Kier alpha value is -2.75. The van der Waals surface area contributed by atoms with Gasteiger partial charge < -0.3 is 10.1 Å². The zero-order valence-electron chi connectivity index (χ0n) is 17.2. The largest absolute Gasteiger partial charge is 0.495 e. The lowest BCUT2D eigenvalue weighted by Crippen LogP contribution is -2.15. The van der Waals surface area contributed by atoms with Crippen molar-refractivity contribution in [3.05, 3.63) is 63.9 Å². The normalized spacial score (nSPS) is 13.6. The average molecular weight is 495 g/mol. The van der Waals surface area contributed by atoms with Crippen LogP contribution in [0.2, 0.25) is 10.0 Å². The van der Waals surface area contributed by atoms with Crippen molar-refractivity contribution in [3.8, 4) is 11.4 Å². The fourth-order valence-electron chi connectivity index (χ4n) is 3.39. The van der Waals surface area contributed by atoms with Crippen LogP contribution >= 0.6 is 23.2 Å². The lowest BCUT2D eigenvalue weighted by atomic mass is 10.1. The van der Waals surface area contributed by atoms with Crippen molar-refractivity contribution in [1.29, 1.82) is 0 Å². The molecule has 2 aromatic carbocycles. The first-order valence-corrected chi connectivity index (χ1v) is 12.3. The summed E-state index contributed by atoms with van der Waals surface area (Å²) in [5.74, 6) is 0.166. The van der Waals surface area contributed by atoms with Crippen LogP contribution in [0.5, 0.6) is 5.75 Å². The van der Waals surface area contributed by atoms with Gasteiger partial charge in [0, 0.05) is 16.6 Å². The van der Waals surface area contributed by atoms with Crippen LogP contribution in [-0.4, -0.2) is 37.5 Å². The van der Waals surface area contributed by atoms with Crippen LogP contribution < -0.4 is 14.8 Å². The summed E-state index contributed by atoms with van der Waals surface area (Å²) in [7, 11) is -2.10. The van der Waals surface area contributed by atoms with Crippen molar-refractivity contribution in [3.63, 3.8) is 0 Å². The molecule has 1 amide bonds. The Kier molecular flexibility index (Phi) is 6.07. The van der Waals surface area contributed by atoms with Crippen LogP contribution in [0.4, 0.5) is 11.4 Å². The van der Waals surface area contributed by atoms with Crippen molar-refractivity contribution < 1.29 is 17.9 Å². The molecule has 2 N–H and O–H groups in total. The number of hydrogen-bond donors (Lipinski definition) is 2. The Labute approximate surface area is 195 Å². The van der Waals surface area contributed by atoms with Gasteiger partial charge >= 0.3 is 0 Å². The standard InChI is InChI=1S/C21H20Cl2N4O4S/c1-31-19-8-6-14(10-17(19)26-32(2,29)30)25-21(28)15-11-24-27(20(15)12-3-4-12)18-7-5-13(22)9-16(18)23/h5-12,26H,3-4H2,1-2H3,(H,25,28). The van der Waals surface area contributed by atoms with E-state index in [0.29, 0.717) is 32.7 Å². The van der Waals surface area contributed by atoms with E-state index < -0.39 is 10.0 Å². The number of hydrogen-bond acceptors (Lipinski definition) is 5. The third-order valence-corrected chi connectivity index (χ3v) is 6.03. The lowest BCUT2D eigenvalue weighted by molar-refractivity contribution is 0.102. The van der Waals surface area contributed by atoms with Crippen molar-refractivity contribution in [2.45, 2.75) is 18.8 Å². The molecule has 3 aromatic rings. The molecule has 1 heterocycles. The number of benzene rings is 2. The van der Waals surface area contributed by atoms with Gasteiger partial charge in [0.05, 0.1) is 47.2 Å². The highest BCUT2D eigenvalue weighted by Gasteiger charge is 2.33. The highest BCUT2D eigenvalue weighted by molar-refractivity contribution is 7.92. The molecule has 11 heteroatoms. The summed E-state index contributed by atoms with van der Waals surface area (Å²) in [5.41, 5.74) is 2.46. The average Bonchev–Trinajstić information content (AvgIpc) is 3.45. The number of amides is 1. The van der Waals surface area contributed by atoms with Gasteiger partial charge in [-0.15, -0.1) is 0 Å². The minimum absolute atomic E-state index is 0.198. The van der Waals surface area contributed by atoms with Crippen LogP contribution in [0.25, 0.3) is 5.69 Å². The number of rotatable bonds is 7. The number of carbonyl (C=O) groups excluding carboxylic acids is 1. The zero-order valence-corrected chi connectivity index (χ0v) is 19.6. The van der Waals surface area contributed by atoms with Gasteiger partial charge in [-0.2, -0.15) is 5.10 Å². The van der Waals surface area contributed by atoms with Crippen LogP contribution in [0.1, 0.15) is 34.8 Å². The maximum absolute atomic E-state index is 13.1. The molecule has 32 heavy (non-hydrogen) atoms. The summed E-state index contributed by atoms with van der Waals surface area (Å²) in [5, 5.41) is 8.16. The third kappa shape index (κ3) is 4.85. The number of halogens is 2. The molecular formula is C21H20Cl2N4O4S. The number of nitrogens with zero attached hydrogens (tertiary/aromatic N) is 2. The molecule has 0 atom stereocenters. The van der Waals surface area contributed by atoms with E-state index in [2.05, 4.69) is 15.1 Å². The van der Waals surface area contributed by atoms with Crippen LogP contribution in [-0.2, 0) is 10.0 Å². The van der Waals surface area contributed by atoms with E-state index in [-0.39, 0.29) is 17.5 Å². The number of carbonyl (C=O) groups is 1. The van der Waals surface area contributed by atoms with Crippen molar-refractivity contribution >= 4 is 50.5 Å². The first kappa shape index (κ1) is 22.4. The van der Waals surface area contributed by atoms with Gasteiger partial charge in [0.15, 0.2) is 0 Å². The van der Waals surface area contributed by atoms with Gasteiger partial charge in [-0.05, 0) is 49.2 Å². The Morgan fingerprint density at radius 1 is 1.19 bits per heavy atom. The summed E-state index contributed by atoms with van der Waals surface area (Å²) >= 11 is 12.4. The molecule has 1 aliphatic rings. The summed E-state index contributed by atoms with van der Waals surface area (Å²) in [4.78, 5) is 13.1. The molecule has 1 aromatic heterocycles. The van der Waals surface area contributed by atoms with E-state index in [1.165, 1.54) is 19.4 Å². The van der Waals surface area contributed by atoms with Crippen LogP contribution in [0.3, 0.4) is 0 Å². The number of anilines is 2. The maximum atomic E-state index is 13.1. The predicted octanol–water partition coefficient (Wildman–Crippen LogP) is 4.69. The number of sulfonamides is 1. The SMILES string of the molecule is COc1ccc(NC(=O)c2cnn(-c3ccc(Cl)cc3Cl)c2C2CC2)cc1NS(C)(=O)=O. The molecule has 0 saturated heterocycles. The van der Waals surface area contributed by atoms with Crippen molar-refractivity contribution in [1.82, 2.24) is 9.78 Å². The lowest BCUT2D eigenvalue weighted by Gasteiger charge is -2.13. The highest BCUT2D eigenvalue weighted by atomic mass is 35.5. The molecule has 1 aliphatic carbocycles. The summed E-state index contributed by atoms with van der Waals surface area (Å²) in [6.45, 7) is 0. The molecule has 8 nitrogen and oxygen atoms in total. The molecule has 4 rings (SSSR count). The Balaban J connectivity index is 1.66. The molecule has 0 unspecified atom stereocenters. The topological polar surface area (TPSA) is 102 Å². The van der Waals surface area contributed by atoms with Crippen LogP contribution in [0, 0.1) is 0 Å². The van der Waals surface area contributed by atoms with E-state index in [1.807, 2.05) is 0 Å². The number of aromatic nitrogens is 2. The molecule has 0 spiro atoms. The van der Waals surface area contributed by atoms with E-state index in [4.69, 9.17) is 27.9 Å². The predicted molar refractivity (Wildman–Crippen MR) is 125 cm³/mol. The second kappa shape index (κ2) is 8.65. The minimum atomic E-state index is -3.53. The number of ether oxygens (including phenoxy) is 1. The van der Waals surface area contributed by atoms with Crippen molar-refractivity contribution in [2.75, 3.05) is 23.4 Å². The van der Waals surface area contributed by atoms with Gasteiger partial charge in [-0.25, -0.2) is 13.1 Å². The zero-order chi connectivity index (χ0) is 23.0. The second-order valence-corrected chi connectivity index (χ2v) is 10.1. The number of nitrogens with one attached hydrogen (secondary N) is 2. The Morgan fingerprint density at radius 3 is 2.56 bits per heavy atom. The smallest absolute Gasteiger partial charge is 0.259 e. The van der Waals surface area contributed by atoms with Gasteiger partial charge in [0.2, 0.25) is 10.0 Å². The summed E-state index contributed by atoms with van der Waals surface area (Å²) < 4.78 is 32.6. The van der Waals surface area contributed by atoms with Gasteiger partial charge in [0.1, 0.15) is 5.75 Å². The number of methoxy groups -OCH3 is 1. The minimum Gasteiger partial charge on any atom is -0.495 e. The molecule has 0 aliphatic heterocycles. The Bertz CT molecular complexity index is 1300. The summed E-state index contributed by atoms with van der Waals surface area (Å²) in [6.07, 6.45) is 4.44. The molecule has 0 bridgehead atoms. The fourth-order valence-corrected chi connectivity index (χ4v) is 4.44. The molecule has 0 radical (unpaired) electrons. The third-order valence-electron chi connectivity index (χ3n) is 4.91. The van der Waals surface area contributed by atoms with E-state index in [1.54, 1.807) is 35.0 Å². The Morgan fingerprint density at radius 2 is 1.94 bits per heavy atom. The molecule has 1 saturated carbocycles. The molecular weight excluding hydrogens is 475 g/mol. The maximum Gasteiger partial charge on any atom is 0.259 e. The van der Waals surface area contributed by atoms with E-state index >= 15 is 0 Å². The first-order chi connectivity index (χ1) is 15.2. The fraction of sp³-hybridized carbons (Fsp3) is 0.238. The van der Waals surface area contributed by atoms with Gasteiger partial charge in [0.25, 0.3) is 5.91 Å².